The van der Waals surface area contributed by atoms with Crippen molar-refractivity contribution in [2.24, 2.45) is 0 Å². The molecule has 2 aromatic carbocycles. The van der Waals surface area contributed by atoms with Gasteiger partial charge in [0, 0.05) is 11.5 Å². The molecule has 3 aromatic rings. The van der Waals surface area contributed by atoms with Crippen molar-refractivity contribution in [3.8, 4) is 0 Å². The molecule has 6 nitrogen and oxygen atoms in total. The van der Waals surface area contributed by atoms with Gasteiger partial charge in [-0.05, 0) is 42.2 Å². The predicted molar refractivity (Wildman–Crippen MR) is 102 cm³/mol. The highest BCUT2D eigenvalue weighted by Crippen LogP contribution is 2.21. The second kappa shape index (κ2) is 8.80. The van der Waals surface area contributed by atoms with Crippen molar-refractivity contribution in [2.75, 3.05) is 0 Å². The summed E-state index contributed by atoms with van der Waals surface area (Å²) in [6.45, 7) is 3.74. The Labute approximate surface area is 155 Å². The van der Waals surface area contributed by atoms with E-state index in [0.717, 1.165) is 10.9 Å². The molecule has 27 heavy (non-hydrogen) atoms. The SMILES string of the molecule is CCc1ccc(C(=O)O)c(C(=O)O)c1CC.O=c1ccc2ccccc2o1. The van der Waals surface area contributed by atoms with Gasteiger partial charge in [0.2, 0.25) is 0 Å². The van der Waals surface area contributed by atoms with E-state index >= 15 is 0 Å². The third kappa shape index (κ3) is 4.61. The highest BCUT2D eigenvalue weighted by Gasteiger charge is 2.21. The van der Waals surface area contributed by atoms with Gasteiger partial charge in [-0.25, -0.2) is 14.4 Å². The largest absolute Gasteiger partial charge is 0.478 e. The lowest BCUT2D eigenvalue weighted by Gasteiger charge is -2.12. The van der Waals surface area contributed by atoms with Crippen LogP contribution in [0.5, 0.6) is 0 Å². The average Bonchev–Trinajstić information content (AvgIpc) is 2.66. The average molecular weight is 368 g/mol. The zero-order chi connectivity index (χ0) is 20.0. The summed E-state index contributed by atoms with van der Waals surface area (Å²) in [5.41, 5.74) is 1.64. The molecule has 0 spiro atoms. The first-order valence-corrected chi connectivity index (χ1v) is 8.49. The van der Waals surface area contributed by atoms with E-state index in [0.29, 0.717) is 24.0 Å². The molecule has 0 radical (unpaired) electrons. The van der Waals surface area contributed by atoms with Crippen LogP contribution < -0.4 is 5.63 Å². The molecule has 0 aliphatic heterocycles. The van der Waals surface area contributed by atoms with Gasteiger partial charge in [0.05, 0.1) is 11.1 Å². The van der Waals surface area contributed by atoms with Crippen molar-refractivity contribution in [3.63, 3.8) is 0 Å². The standard InChI is InChI=1S/C12H14O4.C9H6O2/c1-3-7-5-6-9(11(13)14)10(12(15)16)8(7)4-2;10-9-6-5-7-3-1-2-4-8(7)11-9/h5-6H,3-4H2,1-2H3,(H,13,14)(H,15,16);1-6H. The minimum atomic E-state index is -1.20. The summed E-state index contributed by atoms with van der Waals surface area (Å²) in [6, 6.07) is 13.6. The molecule has 0 amide bonds. The second-order valence-electron chi connectivity index (χ2n) is 5.74. The van der Waals surface area contributed by atoms with Gasteiger partial charge in [0.15, 0.2) is 0 Å². The molecule has 1 aromatic heterocycles. The Balaban J connectivity index is 0.000000206. The van der Waals surface area contributed by atoms with Gasteiger partial charge in [-0.15, -0.1) is 0 Å². The third-order valence-corrected chi connectivity index (χ3v) is 4.12. The number of hydrogen-bond acceptors (Lipinski definition) is 4. The van der Waals surface area contributed by atoms with Crippen LogP contribution in [-0.2, 0) is 12.8 Å². The van der Waals surface area contributed by atoms with E-state index in [1.807, 2.05) is 32.0 Å². The van der Waals surface area contributed by atoms with Crippen LogP contribution in [0.3, 0.4) is 0 Å². The number of aromatic carboxylic acids is 2. The number of carboxylic acids is 2. The molecule has 6 heteroatoms. The summed E-state index contributed by atoms with van der Waals surface area (Å²) in [5.74, 6) is -2.38. The Kier molecular flexibility index (Phi) is 6.49. The quantitative estimate of drug-likeness (QED) is 0.675. The third-order valence-electron chi connectivity index (χ3n) is 4.12. The van der Waals surface area contributed by atoms with Crippen molar-refractivity contribution < 1.29 is 24.2 Å². The number of carboxylic acid groups (broad SMARTS) is 2. The molecule has 0 saturated heterocycles. The number of aryl methyl sites for hydroxylation is 1. The van der Waals surface area contributed by atoms with Crippen molar-refractivity contribution >= 4 is 22.9 Å². The van der Waals surface area contributed by atoms with Crippen molar-refractivity contribution in [1.82, 2.24) is 0 Å². The van der Waals surface area contributed by atoms with E-state index in [9.17, 15) is 14.4 Å². The van der Waals surface area contributed by atoms with Gasteiger partial charge in [-0.1, -0.05) is 38.1 Å². The highest BCUT2D eigenvalue weighted by atomic mass is 16.4. The summed E-state index contributed by atoms with van der Waals surface area (Å²) in [7, 11) is 0. The van der Waals surface area contributed by atoms with Crippen LogP contribution in [0.25, 0.3) is 11.0 Å². The smallest absolute Gasteiger partial charge is 0.336 e. The van der Waals surface area contributed by atoms with Gasteiger partial charge in [-0.2, -0.15) is 0 Å². The predicted octanol–water partition coefficient (Wildman–Crippen LogP) is 4.00. The molecule has 0 unspecified atom stereocenters. The molecule has 0 saturated carbocycles. The molecule has 2 N–H and O–H groups in total. The van der Waals surface area contributed by atoms with Crippen molar-refractivity contribution in [2.45, 2.75) is 26.7 Å². The lowest BCUT2D eigenvalue weighted by atomic mass is 9.93. The van der Waals surface area contributed by atoms with Crippen molar-refractivity contribution in [1.29, 1.82) is 0 Å². The fraction of sp³-hybridized carbons (Fsp3) is 0.190. The Bertz CT molecular complexity index is 1030. The molecule has 3 rings (SSSR count). The minimum Gasteiger partial charge on any atom is -0.478 e. The summed E-state index contributed by atoms with van der Waals surface area (Å²) < 4.78 is 4.91. The Hall–Kier alpha value is -3.41. The second-order valence-corrected chi connectivity index (χ2v) is 5.74. The number of rotatable bonds is 4. The van der Waals surface area contributed by atoms with E-state index in [-0.39, 0.29) is 16.8 Å². The first-order chi connectivity index (χ1) is 12.9. The van der Waals surface area contributed by atoms with Crippen LogP contribution in [-0.4, -0.2) is 22.2 Å². The molecule has 1 heterocycles. The van der Waals surface area contributed by atoms with Crippen molar-refractivity contribution in [3.05, 3.63) is 81.2 Å². The summed E-state index contributed by atoms with van der Waals surface area (Å²) in [6.07, 6.45) is 1.22. The summed E-state index contributed by atoms with van der Waals surface area (Å²) in [5, 5.41) is 19.0. The molecule has 0 aliphatic carbocycles. The van der Waals surface area contributed by atoms with E-state index in [4.69, 9.17) is 14.6 Å². The van der Waals surface area contributed by atoms with Crippen LogP contribution in [0, 0.1) is 0 Å². The van der Waals surface area contributed by atoms with Gasteiger partial charge in [-0.3, -0.25) is 0 Å². The number of benzene rings is 2. The van der Waals surface area contributed by atoms with Crippen LogP contribution in [0.2, 0.25) is 0 Å². The molecule has 0 bridgehead atoms. The zero-order valence-corrected chi connectivity index (χ0v) is 15.1. The Morgan fingerprint density at radius 2 is 1.59 bits per heavy atom. The molecular weight excluding hydrogens is 348 g/mol. The molecule has 0 aliphatic rings. The maximum Gasteiger partial charge on any atom is 0.336 e. The monoisotopic (exact) mass is 368 g/mol. The topological polar surface area (TPSA) is 105 Å². The maximum absolute atomic E-state index is 11.1. The molecule has 140 valence electrons. The Morgan fingerprint density at radius 1 is 0.889 bits per heavy atom. The van der Waals surface area contributed by atoms with Crippen LogP contribution in [0.4, 0.5) is 0 Å². The molecular formula is C21H20O6. The highest BCUT2D eigenvalue weighted by molar-refractivity contribution is 6.03. The lowest BCUT2D eigenvalue weighted by molar-refractivity contribution is 0.0650. The minimum absolute atomic E-state index is 0.0747. The number of fused-ring (bicyclic) bond motifs is 1. The van der Waals surface area contributed by atoms with Crippen LogP contribution in [0.1, 0.15) is 45.7 Å². The number of carbonyl (C=O) groups is 2. The van der Waals surface area contributed by atoms with E-state index in [1.165, 1.54) is 12.1 Å². The summed E-state index contributed by atoms with van der Waals surface area (Å²) in [4.78, 5) is 32.8. The maximum atomic E-state index is 11.1. The summed E-state index contributed by atoms with van der Waals surface area (Å²) >= 11 is 0. The number of para-hydroxylation sites is 1. The van der Waals surface area contributed by atoms with Gasteiger partial charge in [0.25, 0.3) is 0 Å². The first-order valence-electron chi connectivity index (χ1n) is 8.49. The van der Waals surface area contributed by atoms with E-state index in [2.05, 4.69) is 0 Å². The van der Waals surface area contributed by atoms with E-state index < -0.39 is 11.9 Å². The van der Waals surface area contributed by atoms with Gasteiger partial charge < -0.3 is 14.6 Å². The molecule has 0 fully saturated rings. The normalized spacial score (nSPS) is 10.1. The van der Waals surface area contributed by atoms with Gasteiger partial charge in [0.1, 0.15) is 5.58 Å². The Morgan fingerprint density at radius 3 is 2.19 bits per heavy atom. The van der Waals surface area contributed by atoms with Crippen LogP contribution in [0.15, 0.2) is 57.7 Å². The van der Waals surface area contributed by atoms with Crippen LogP contribution >= 0.6 is 0 Å². The van der Waals surface area contributed by atoms with Gasteiger partial charge >= 0.3 is 17.6 Å². The zero-order valence-electron chi connectivity index (χ0n) is 15.1. The first kappa shape index (κ1) is 19.9. The molecule has 0 atom stereocenters. The van der Waals surface area contributed by atoms with E-state index in [1.54, 1.807) is 18.2 Å². The fourth-order valence-corrected chi connectivity index (χ4v) is 2.86. The number of hydrogen-bond donors (Lipinski definition) is 2. The lowest BCUT2D eigenvalue weighted by Crippen LogP contribution is -2.13. The fourth-order valence-electron chi connectivity index (χ4n) is 2.86.